The molecule has 0 saturated carbocycles. The van der Waals surface area contributed by atoms with Crippen LogP contribution < -0.4 is 0 Å². The molecule has 7 heteroatoms. The number of nitrogens with zero attached hydrogens (tertiary/aromatic N) is 3. The number of aryl methyl sites for hydroxylation is 1. The first-order valence-corrected chi connectivity index (χ1v) is 8.67. The van der Waals surface area contributed by atoms with Crippen molar-refractivity contribution in [1.29, 1.82) is 0 Å². The summed E-state index contributed by atoms with van der Waals surface area (Å²) in [4.78, 5) is 0. The van der Waals surface area contributed by atoms with E-state index in [0.29, 0.717) is 13.0 Å². The molecular weight excluding hydrogens is 305 g/mol. The molecule has 0 radical (unpaired) electrons. The van der Waals surface area contributed by atoms with Crippen LogP contribution in [0.3, 0.4) is 0 Å². The SMILES string of the molecule is Cn1nccc1S(=O)(=O)N1CCCC1Cc1ccc(F)cc1. The van der Waals surface area contributed by atoms with E-state index < -0.39 is 10.0 Å². The van der Waals surface area contributed by atoms with Crippen molar-refractivity contribution in [2.45, 2.75) is 30.3 Å². The van der Waals surface area contributed by atoms with Gasteiger partial charge in [-0.1, -0.05) is 12.1 Å². The number of hydrogen-bond donors (Lipinski definition) is 0. The first kappa shape index (κ1) is 15.2. The van der Waals surface area contributed by atoms with Crippen LogP contribution >= 0.6 is 0 Å². The molecular formula is C15H18FN3O2S. The van der Waals surface area contributed by atoms with E-state index in [1.54, 1.807) is 23.5 Å². The van der Waals surface area contributed by atoms with E-state index in [4.69, 9.17) is 0 Å². The molecule has 0 N–H and O–H groups in total. The zero-order valence-electron chi connectivity index (χ0n) is 12.3. The van der Waals surface area contributed by atoms with Crippen LogP contribution in [0, 0.1) is 5.82 Å². The average Bonchev–Trinajstić information content (AvgIpc) is 3.11. The van der Waals surface area contributed by atoms with Gasteiger partial charge in [0.2, 0.25) is 0 Å². The fourth-order valence-corrected chi connectivity index (χ4v) is 4.75. The van der Waals surface area contributed by atoms with Gasteiger partial charge in [0.25, 0.3) is 10.0 Å². The van der Waals surface area contributed by atoms with Crippen molar-refractivity contribution >= 4 is 10.0 Å². The van der Waals surface area contributed by atoms with Crippen molar-refractivity contribution in [3.63, 3.8) is 0 Å². The van der Waals surface area contributed by atoms with E-state index in [1.807, 2.05) is 0 Å². The minimum absolute atomic E-state index is 0.0923. The topological polar surface area (TPSA) is 55.2 Å². The first-order valence-electron chi connectivity index (χ1n) is 7.23. The molecule has 2 aromatic rings. The second kappa shape index (κ2) is 5.81. The van der Waals surface area contributed by atoms with Gasteiger partial charge in [0.15, 0.2) is 5.03 Å². The van der Waals surface area contributed by atoms with Gasteiger partial charge in [0.05, 0.1) is 6.20 Å². The summed E-state index contributed by atoms with van der Waals surface area (Å²) < 4.78 is 41.5. The van der Waals surface area contributed by atoms with Crippen molar-refractivity contribution in [2.75, 3.05) is 6.54 Å². The third-order valence-electron chi connectivity index (χ3n) is 4.06. The fourth-order valence-electron chi connectivity index (χ4n) is 2.96. The van der Waals surface area contributed by atoms with Gasteiger partial charge in [-0.3, -0.25) is 4.68 Å². The molecule has 1 aliphatic heterocycles. The molecule has 0 aliphatic carbocycles. The predicted molar refractivity (Wildman–Crippen MR) is 80.2 cm³/mol. The van der Waals surface area contributed by atoms with Crippen LogP contribution in [0.5, 0.6) is 0 Å². The van der Waals surface area contributed by atoms with Crippen LogP contribution in [-0.2, 0) is 23.5 Å². The number of hydrogen-bond acceptors (Lipinski definition) is 3. The van der Waals surface area contributed by atoms with Crippen LogP contribution in [0.2, 0.25) is 0 Å². The third-order valence-corrected chi connectivity index (χ3v) is 6.08. The Bertz CT molecular complexity index is 755. The summed E-state index contributed by atoms with van der Waals surface area (Å²) in [6, 6.07) is 7.66. The Hall–Kier alpha value is -1.73. The smallest absolute Gasteiger partial charge is 0.256 e. The van der Waals surface area contributed by atoms with Gasteiger partial charge in [0, 0.05) is 19.6 Å². The maximum absolute atomic E-state index is 13.0. The van der Waals surface area contributed by atoms with E-state index >= 15 is 0 Å². The molecule has 0 spiro atoms. The van der Waals surface area contributed by atoms with Crippen LogP contribution in [0.25, 0.3) is 0 Å². The highest BCUT2D eigenvalue weighted by molar-refractivity contribution is 7.89. The Morgan fingerprint density at radius 3 is 2.64 bits per heavy atom. The van der Waals surface area contributed by atoms with Crippen LogP contribution in [0.1, 0.15) is 18.4 Å². The molecule has 0 bridgehead atoms. The lowest BCUT2D eigenvalue weighted by Gasteiger charge is -2.24. The monoisotopic (exact) mass is 323 g/mol. The molecule has 1 aromatic heterocycles. The summed E-state index contributed by atoms with van der Waals surface area (Å²) in [5.41, 5.74) is 0.943. The lowest BCUT2D eigenvalue weighted by atomic mass is 10.0. The Balaban J connectivity index is 1.84. The molecule has 2 heterocycles. The Labute approximate surface area is 129 Å². The Kier molecular flexibility index (Phi) is 4.01. The minimum Gasteiger partial charge on any atom is -0.256 e. The summed E-state index contributed by atoms with van der Waals surface area (Å²) in [6.45, 7) is 0.513. The van der Waals surface area contributed by atoms with Gasteiger partial charge in [-0.05, 0) is 43.0 Å². The maximum Gasteiger partial charge on any atom is 0.260 e. The maximum atomic E-state index is 13.0. The van der Waals surface area contributed by atoms with Crippen molar-refractivity contribution in [3.8, 4) is 0 Å². The second-order valence-corrected chi connectivity index (χ2v) is 7.37. The van der Waals surface area contributed by atoms with E-state index in [0.717, 1.165) is 18.4 Å². The van der Waals surface area contributed by atoms with Gasteiger partial charge in [-0.2, -0.15) is 9.40 Å². The second-order valence-electron chi connectivity index (χ2n) is 5.54. The highest BCUT2D eigenvalue weighted by Gasteiger charge is 2.36. The van der Waals surface area contributed by atoms with Gasteiger partial charge in [-0.25, -0.2) is 12.8 Å². The zero-order chi connectivity index (χ0) is 15.7. The van der Waals surface area contributed by atoms with Crippen molar-refractivity contribution in [2.24, 2.45) is 7.05 Å². The molecule has 1 fully saturated rings. The van der Waals surface area contributed by atoms with Crippen LogP contribution in [0.15, 0.2) is 41.6 Å². The Morgan fingerprint density at radius 2 is 2.00 bits per heavy atom. The minimum atomic E-state index is -3.54. The summed E-state index contributed by atoms with van der Waals surface area (Å²) in [7, 11) is -1.92. The van der Waals surface area contributed by atoms with Crippen molar-refractivity contribution in [3.05, 3.63) is 47.9 Å². The standard InChI is InChI=1S/C15H18FN3O2S/c1-18-15(8-9-17-18)22(20,21)19-10-2-3-14(19)11-12-4-6-13(16)7-5-12/h4-9,14H,2-3,10-11H2,1H3. The molecule has 5 nitrogen and oxygen atoms in total. The Morgan fingerprint density at radius 1 is 1.27 bits per heavy atom. The average molecular weight is 323 g/mol. The fraction of sp³-hybridized carbons (Fsp3) is 0.400. The van der Waals surface area contributed by atoms with Crippen molar-refractivity contribution < 1.29 is 12.8 Å². The van der Waals surface area contributed by atoms with Gasteiger partial charge in [0.1, 0.15) is 5.82 Å². The summed E-state index contributed by atoms with van der Waals surface area (Å²) in [5, 5.41) is 4.15. The number of rotatable bonds is 4. The molecule has 1 saturated heterocycles. The predicted octanol–water partition coefficient (Wildman–Crippen LogP) is 1.95. The molecule has 1 atom stereocenters. The zero-order valence-corrected chi connectivity index (χ0v) is 13.1. The molecule has 118 valence electrons. The van der Waals surface area contributed by atoms with Crippen molar-refractivity contribution in [1.82, 2.24) is 14.1 Å². The summed E-state index contributed by atoms with van der Waals surface area (Å²) in [5.74, 6) is -0.283. The molecule has 0 amide bonds. The largest absolute Gasteiger partial charge is 0.260 e. The number of aromatic nitrogens is 2. The van der Waals surface area contributed by atoms with E-state index in [9.17, 15) is 12.8 Å². The summed E-state index contributed by atoms with van der Waals surface area (Å²) in [6.07, 6.45) is 3.73. The molecule has 1 unspecified atom stereocenters. The van der Waals surface area contributed by atoms with E-state index in [2.05, 4.69) is 5.10 Å². The number of halogens is 1. The van der Waals surface area contributed by atoms with Crippen LogP contribution in [0.4, 0.5) is 4.39 Å². The lowest BCUT2D eigenvalue weighted by molar-refractivity contribution is 0.381. The van der Waals surface area contributed by atoms with E-state index in [-0.39, 0.29) is 16.9 Å². The number of sulfonamides is 1. The summed E-state index contributed by atoms with van der Waals surface area (Å²) >= 11 is 0. The third kappa shape index (κ3) is 2.78. The lowest BCUT2D eigenvalue weighted by Crippen LogP contribution is -2.37. The molecule has 3 rings (SSSR count). The molecule has 22 heavy (non-hydrogen) atoms. The highest BCUT2D eigenvalue weighted by atomic mass is 32.2. The normalized spacial score (nSPS) is 19.6. The first-order chi connectivity index (χ1) is 10.5. The quantitative estimate of drug-likeness (QED) is 0.864. The number of benzene rings is 1. The van der Waals surface area contributed by atoms with Gasteiger partial charge < -0.3 is 0 Å². The van der Waals surface area contributed by atoms with Gasteiger partial charge in [-0.15, -0.1) is 0 Å². The highest BCUT2D eigenvalue weighted by Crippen LogP contribution is 2.28. The molecule has 1 aliphatic rings. The van der Waals surface area contributed by atoms with Gasteiger partial charge >= 0.3 is 0 Å². The molecule has 1 aromatic carbocycles. The van der Waals surface area contributed by atoms with E-state index in [1.165, 1.54) is 29.1 Å². The van der Waals surface area contributed by atoms with Crippen LogP contribution in [-0.4, -0.2) is 35.1 Å².